The van der Waals surface area contributed by atoms with E-state index in [4.69, 9.17) is 10.6 Å². The maximum atomic E-state index is 12.0. The molecule has 0 aliphatic carbocycles. The third-order valence-corrected chi connectivity index (χ3v) is 2.52. The normalized spacial score (nSPS) is 11.5. The Morgan fingerprint density at radius 2 is 2.00 bits per heavy atom. The predicted molar refractivity (Wildman–Crippen MR) is 69.0 cm³/mol. The Hall–Kier alpha value is -2.53. The smallest absolute Gasteiger partial charge is 0.326 e. The number of benzene rings is 1. The first-order valence-corrected chi connectivity index (χ1v) is 5.65. The topological polar surface area (TPSA) is 115 Å². The van der Waals surface area contributed by atoms with Gasteiger partial charge >= 0.3 is 5.97 Å². The number of carboxylic acids is 1. The van der Waals surface area contributed by atoms with Crippen molar-refractivity contribution in [2.24, 2.45) is 11.0 Å². The molecule has 19 heavy (non-hydrogen) atoms. The summed E-state index contributed by atoms with van der Waals surface area (Å²) < 4.78 is 0. The van der Waals surface area contributed by atoms with Gasteiger partial charge in [-0.15, -0.1) is 0 Å². The maximum Gasteiger partial charge on any atom is 0.326 e. The van der Waals surface area contributed by atoms with Crippen LogP contribution in [0.15, 0.2) is 29.4 Å². The van der Waals surface area contributed by atoms with Crippen LogP contribution in [0.1, 0.15) is 24.2 Å². The summed E-state index contributed by atoms with van der Waals surface area (Å²) >= 11 is 0. The average Bonchev–Trinajstić information content (AvgIpc) is 2.36. The average molecular weight is 262 g/mol. The molecule has 0 bridgehead atoms. The van der Waals surface area contributed by atoms with Gasteiger partial charge in [0.15, 0.2) is 0 Å². The second-order valence-electron chi connectivity index (χ2n) is 4.24. The van der Waals surface area contributed by atoms with Crippen LogP contribution in [0.2, 0.25) is 0 Å². The Morgan fingerprint density at radius 3 is 2.53 bits per heavy atom. The fraction of sp³-hybridized carbons (Fsp3) is 0.333. The van der Waals surface area contributed by atoms with Crippen molar-refractivity contribution in [2.45, 2.75) is 19.9 Å². The molecule has 7 nitrogen and oxygen atoms in total. The minimum absolute atomic E-state index is 0.146. The lowest BCUT2D eigenvalue weighted by atomic mass is 10.0. The van der Waals surface area contributed by atoms with Crippen LogP contribution in [-0.2, 0) is 4.79 Å². The summed E-state index contributed by atoms with van der Waals surface area (Å²) in [4.78, 5) is 25.7. The molecule has 0 radical (unpaired) electrons. The van der Waals surface area contributed by atoms with Gasteiger partial charge in [0.1, 0.15) is 6.04 Å². The minimum atomic E-state index is -1.11. The lowest BCUT2D eigenvalue weighted by molar-refractivity contribution is -0.140. The van der Waals surface area contributed by atoms with E-state index in [2.05, 4.69) is 15.3 Å². The molecule has 0 aromatic heterocycles. The number of carbonyl (C=O) groups excluding carboxylic acids is 1. The number of azide groups is 1. The van der Waals surface area contributed by atoms with Gasteiger partial charge in [-0.2, -0.15) is 0 Å². The molecular formula is C12H14N4O3. The van der Waals surface area contributed by atoms with E-state index in [1.54, 1.807) is 26.0 Å². The molecule has 7 heteroatoms. The number of hydrogen-bond acceptors (Lipinski definition) is 3. The highest BCUT2D eigenvalue weighted by atomic mass is 16.4. The Kier molecular flexibility index (Phi) is 4.91. The highest BCUT2D eigenvalue weighted by molar-refractivity contribution is 6.00. The number of rotatable bonds is 5. The van der Waals surface area contributed by atoms with Gasteiger partial charge in [0.05, 0.1) is 5.69 Å². The number of nitrogens with one attached hydrogen (secondary N) is 1. The number of carbonyl (C=O) groups is 2. The molecule has 1 aromatic carbocycles. The van der Waals surface area contributed by atoms with E-state index in [1.165, 1.54) is 12.1 Å². The second-order valence-corrected chi connectivity index (χ2v) is 4.24. The molecule has 0 fully saturated rings. The molecule has 100 valence electrons. The summed E-state index contributed by atoms with van der Waals surface area (Å²) in [7, 11) is 0. The Labute approximate surface area is 109 Å². The third kappa shape index (κ3) is 3.72. The van der Waals surface area contributed by atoms with Crippen LogP contribution < -0.4 is 5.32 Å². The standard InChI is InChI=1S/C12H14N4O3/c1-7(2)10(12(18)19)14-11(17)8-5-3-4-6-9(8)15-16-13/h3-7,10H,1-2H3,(H,14,17)(H,18,19)/t10-/m0/s1. The van der Waals surface area contributed by atoms with Gasteiger partial charge in [-0.3, -0.25) is 4.79 Å². The Morgan fingerprint density at radius 1 is 1.37 bits per heavy atom. The van der Waals surface area contributed by atoms with Crippen LogP contribution in [0.3, 0.4) is 0 Å². The zero-order chi connectivity index (χ0) is 14.4. The van der Waals surface area contributed by atoms with Gasteiger partial charge in [-0.1, -0.05) is 37.2 Å². The Bertz CT molecular complexity index is 536. The van der Waals surface area contributed by atoms with E-state index >= 15 is 0 Å². The van der Waals surface area contributed by atoms with Gasteiger partial charge in [-0.25, -0.2) is 4.79 Å². The Balaban J connectivity index is 3.01. The summed E-state index contributed by atoms with van der Waals surface area (Å²) in [5.74, 6) is -1.94. The highest BCUT2D eigenvalue weighted by Crippen LogP contribution is 2.19. The maximum absolute atomic E-state index is 12.0. The number of nitrogens with zero attached hydrogens (tertiary/aromatic N) is 3. The molecule has 1 atom stereocenters. The zero-order valence-corrected chi connectivity index (χ0v) is 10.6. The van der Waals surface area contributed by atoms with Gasteiger partial charge in [0, 0.05) is 10.5 Å². The van der Waals surface area contributed by atoms with Gasteiger partial charge in [0.25, 0.3) is 5.91 Å². The van der Waals surface area contributed by atoms with Crippen molar-refractivity contribution >= 4 is 17.6 Å². The fourth-order valence-corrected chi connectivity index (χ4v) is 1.53. The van der Waals surface area contributed by atoms with Gasteiger partial charge in [-0.05, 0) is 17.5 Å². The van der Waals surface area contributed by atoms with Crippen molar-refractivity contribution in [1.82, 2.24) is 5.32 Å². The first-order chi connectivity index (χ1) is 8.97. The zero-order valence-electron chi connectivity index (χ0n) is 10.6. The van der Waals surface area contributed by atoms with Crippen LogP contribution in [0, 0.1) is 5.92 Å². The molecule has 0 saturated carbocycles. The number of amides is 1. The highest BCUT2D eigenvalue weighted by Gasteiger charge is 2.24. The van der Waals surface area contributed by atoms with E-state index in [1.807, 2.05) is 0 Å². The SMILES string of the molecule is CC(C)[C@H](NC(=O)c1ccccc1N=[N+]=[N-])C(=O)O. The lowest BCUT2D eigenvalue weighted by Gasteiger charge is -2.18. The summed E-state index contributed by atoms with van der Waals surface area (Å²) in [5.41, 5.74) is 8.72. The number of carboxylic acid groups (broad SMARTS) is 1. The van der Waals surface area contributed by atoms with E-state index in [0.29, 0.717) is 0 Å². The molecule has 0 aliphatic rings. The largest absolute Gasteiger partial charge is 0.480 e. The molecule has 0 aliphatic heterocycles. The molecule has 0 heterocycles. The van der Waals surface area contributed by atoms with E-state index in [0.717, 1.165) is 0 Å². The fourth-order valence-electron chi connectivity index (χ4n) is 1.53. The molecule has 2 N–H and O–H groups in total. The van der Waals surface area contributed by atoms with Crippen LogP contribution in [-0.4, -0.2) is 23.0 Å². The molecule has 1 aromatic rings. The number of hydrogen-bond donors (Lipinski definition) is 2. The summed E-state index contributed by atoms with van der Waals surface area (Å²) in [6.07, 6.45) is 0. The van der Waals surface area contributed by atoms with Crippen molar-refractivity contribution in [1.29, 1.82) is 0 Å². The molecule has 0 spiro atoms. The van der Waals surface area contributed by atoms with E-state index in [-0.39, 0.29) is 17.2 Å². The quantitative estimate of drug-likeness (QED) is 0.482. The first-order valence-electron chi connectivity index (χ1n) is 5.65. The van der Waals surface area contributed by atoms with Crippen LogP contribution in [0.4, 0.5) is 5.69 Å². The summed E-state index contributed by atoms with van der Waals surface area (Å²) in [5, 5.41) is 14.8. The predicted octanol–water partition coefficient (Wildman–Crippen LogP) is 2.47. The van der Waals surface area contributed by atoms with Crippen molar-refractivity contribution in [3.05, 3.63) is 40.3 Å². The molecule has 0 unspecified atom stereocenters. The monoisotopic (exact) mass is 262 g/mol. The first kappa shape index (κ1) is 14.5. The molecular weight excluding hydrogens is 248 g/mol. The summed E-state index contributed by atoms with van der Waals surface area (Å²) in [6, 6.07) is 5.19. The van der Waals surface area contributed by atoms with Crippen LogP contribution >= 0.6 is 0 Å². The van der Waals surface area contributed by atoms with Gasteiger partial charge in [0.2, 0.25) is 0 Å². The molecule has 1 rings (SSSR count). The second kappa shape index (κ2) is 6.42. The van der Waals surface area contributed by atoms with Crippen molar-refractivity contribution in [2.75, 3.05) is 0 Å². The van der Waals surface area contributed by atoms with Crippen molar-refractivity contribution < 1.29 is 14.7 Å². The minimum Gasteiger partial charge on any atom is -0.480 e. The van der Waals surface area contributed by atoms with Crippen molar-refractivity contribution in [3.8, 4) is 0 Å². The van der Waals surface area contributed by atoms with Crippen LogP contribution in [0.5, 0.6) is 0 Å². The van der Waals surface area contributed by atoms with E-state index in [9.17, 15) is 9.59 Å². The van der Waals surface area contributed by atoms with Crippen LogP contribution in [0.25, 0.3) is 10.4 Å². The number of aliphatic carboxylic acids is 1. The van der Waals surface area contributed by atoms with E-state index < -0.39 is 17.9 Å². The molecule has 1 amide bonds. The lowest BCUT2D eigenvalue weighted by Crippen LogP contribution is -2.44. The van der Waals surface area contributed by atoms with Crippen molar-refractivity contribution in [3.63, 3.8) is 0 Å². The summed E-state index contributed by atoms with van der Waals surface area (Å²) in [6.45, 7) is 3.39. The molecule has 0 saturated heterocycles. The third-order valence-electron chi connectivity index (χ3n) is 2.52. The van der Waals surface area contributed by atoms with Gasteiger partial charge < -0.3 is 10.4 Å².